The van der Waals surface area contributed by atoms with E-state index in [9.17, 15) is 0 Å². The predicted molar refractivity (Wildman–Crippen MR) is 85.5 cm³/mol. The molecule has 0 saturated carbocycles. The molecule has 0 aliphatic carbocycles. The van der Waals surface area contributed by atoms with Gasteiger partial charge in [-0.15, -0.1) is 11.6 Å². The summed E-state index contributed by atoms with van der Waals surface area (Å²) in [4.78, 5) is 4.65. The Kier molecular flexibility index (Phi) is 3.31. The van der Waals surface area contributed by atoms with Gasteiger partial charge in [-0.05, 0) is 32.0 Å². The van der Waals surface area contributed by atoms with Gasteiger partial charge in [0.1, 0.15) is 15.6 Å². The zero-order valence-electron chi connectivity index (χ0n) is 10.5. The van der Waals surface area contributed by atoms with Gasteiger partial charge in [-0.1, -0.05) is 31.9 Å². The van der Waals surface area contributed by atoms with Gasteiger partial charge in [0.2, 0.25) is 0 Å². The van der Waals surface area contributed by atoms with E-state index in [-0.39, 0.29) is 6.10 Å². The van der Waals surface area contributed by atoms with Crippen LogP contribution in [0.15, 0.2) is 22.7 Å². The number of fused-ring (bicyclic) bond motifs is 3. The minimum Gasteiger partial charge on any atom is -0.486 e. The summed E-state index contributed by atoms with van der Waals surface area (Å²) >= 11 is 13.3. The van der Waals surface area contributed by atoms with E-state index < -0.39 is 3.78 Å². The molecule has 1 aliphatic rings. The summed E-state index contributed by atoms with van der Waals surface area (Å²) in [6, 6.07) is 6.03. The number of hydrogen-bond donors (Lipinski definition) is 0. The number of rotatable bonds is 1. The van der Waals surface area contributed by atoms with Crippen LogP contribution in [0.4, 0.5) is 0 Å². The number of nitrogens with zero attached hydrogens (tertiary/aromatic N) is 1. The lowest BCUT2D eigenvalue weighted by atomic mass is 10.0. The van der Waals surface area contributed by atoms with Crippen molar-refractivity contribution in [3.05, 3.63) is 33.9 Å². The first-order valence-electron chi connectivity index (χ1n) is 5.99. The second-order valence-electron chi connectivity index (χ2n) is 4.93. The van der Waals surface area contributed by atoms with E-state index in [0.29, 0.717) is 0 Å². The second kappa shape index (κ2) is 4.61. The van der Waals surface area contributed by atoms with Gasteiger partial charge in [0.15, 0.2) is 0 Å². The molecule has 2 heterocycles. The van der Waals surface area contributed by atoms with Gasteiger partial charge < -0.3 is 4.74 Å². The van der Waals surface area contributed by atoms with Crippen molar-refractivity contribution in [2.45, 2.75) is 30.2 Å². The molecule has 0 spiro atoms. The van der Waals surface area contributed by atoms with Crippen molar-refractivity contribution in [3.63, 3.8) is 0 Å². The van der Waals surface area contributed by atoms with Gasteiger partial charge in [-0.2, -0.15) is 0 Å². The molecule has 19 heavy (non-hydrogen) atoms. The molecule has 1 aromatic heterocycles. The first-order valence-corrected chi connectivity index (χ1v) is 7.96. The number of ether oxygens (including phenoxy) is 1. The lowest BCUT2D eigenvalue weighted by Gasteiger charge is -2.21. The third-order valence-electron chi connectivity index (χ3n) is 3.42. The van der Waals surface area contributed by atoms with Crippen molar-refractivity contribution in [2.75, 3.05) is 0 Å². The smallest absolute Gasteiger partial charge is 0.134 e. The molecule has 0 amide bonds. The molecule has 100 valence electrons. The average Bonchev–Trinajstić information content (AvgIpc) is 2.76. The van der Waals surface area contributed by atoms with Crippen LogP contribution >= 0.6 is 43.5 Å². The second-order valence-corrected chi connectivity index (χ2v) is 8.74. The fraction of sp³-hybridized carbons (Fsp3) is 0.357. The van der Waals surface area contributed by atoms with Gasteiger partial charge in [-0.3, -0.25) is 4.98 Å². The lowest BCUT2D eigenvalue weighted by Crippen LogP contribution is -2.31. The summed E-state index contributed by atoms with van der Waals surface area (Å²) in [6.45, 7) is 3.93. The highest BCUT2D eigenvalue weighted by Gasteiger charge is 2.38. The third kappa shape index (κ3) is 2.39. The molecule has 0 radical (unpaired) electrons. The van der Waals surface area contributed by atoms with E-state index in [4.69, 9.17) is 16.3 Å². The number of alkyl halides is 2. The number of hydrogen-bond acceptors (Lipinski definition) is 2. The van der Waals surface area contributed by atoms with E-state index in [1.54, 1.807) is 0 Å². The molecule has 2 nitrogen and oxygen atoms in total. The third-order valence-corrected chi connectivity index (χ3v) is 4.66. The highest BCUT2D eigenvalue weighted by Crippen LogP contribution is 2.43. The molecular formula is C14H12Br2ClNO. The fourth-order valence-electron chi connectivity index (χ4n) is 2.39. The summed E-state index contributed by atoms with van der Waals surface area (Å²) in [7, 11) is 0. The van der Waals surface area contributed by atoms with Crippen molar-refractivity contribution < 1.29 is 4.74 Å². The average molecular weight is 406 g/mol. The van der Waals surface area contributed by atoms with Crippen LogP contribution in [-0.2, 0) is 6.42 Å². The SMILES string of the molecule is Cc1nc2ccc(Br)cc2c2c1C[C@@H]([C@@](C)(Cl)Br)O2. The van der Waals surface area contributed by atoms with Crippen LogP contribution in [-0.4, -0.2) is 14.9 Å². The van der Waals surface area contributed by atoms with Crippen molar-refractivity contribution in [3.8, 4) is 5.75 Å². The number of aromatic nitrogens is 1. The van der Waals surface area contributed by atoms with Gasteiger partial charge in [0, 0.05) is 27.5 Å². The zero-order chi connectivity index (χ0) is 13.8. The maximum Gasteiger partial charge on any atom is 0.134 e. The molecule has 0 fully saturated rings. The maximum absolute atomic E-state index is 6.33. The summed E-state index contributed by atoms with van der Waals surface area (Å²) in [5.41, 5.74) is 3.12. The highest BCUT2D eigenvalue weighted by atomic mass is 79.9. The molecule has 1 aliphatic heterocycles. The van der Waals surface area contributed by atoms with Crippen LogP contribution in [0.5, 0.6) is 5.75 Å². The van der Waals surface area contributed by atoms with Crippen LogP contribution in [0.2, 0.25) is 0 Å². The first kappa shape index (κ1) is 13.7. The van der Waals surface area contributed by atoms with Crippen LogP contribution in [0.3, 0.4) is 0 Å². The van der Waals surface area contributed by atoms with Crippen LogP contribution in [0.1, 0.15) is 18.2 Å². The molecule has 3 rings (SSSR count). The predicted octanol–water partition coefficient (Wildman–Crippen LogP) is 4.96. The minimum atomic E-state index is -0.573. The van der Waals surface area contributed by atoms with Gasteiger partial charge in [0.05, 0.1) is 5.52 Å². The lowest BCUT2D eigenvalue weighted by molar-refractivity contribution is 0.225. The molecular weight excluding hydrogens is 393 g/mol. The quantitative estimate of drug-likeness (QED) is 0.626. The Balaban J connectivity index is 2.20. The van der Waals surface area contributed by atoms with Crippen LogP contribution in [0, 0.1) is 6.92 Å². The molecule has 5 heteroatoms. The summed E-state index contributed by atoms with van der Waals surface area (Å²) in [5, 5.41) is 1.03. The molecule has 2 aromatic rings. The molecule has 0 N–H and O–H groups in total. The highest BCUT2D eigenvalue weighted by molar-refractivity contribution is 9.10. The number of halogens is 3. The standard InChI is InChI=1S/C14H12Br2ClNO/c1-7-9-6-12(14(2,16)17)19-13(9)10-5-8(15)3-4-11(10)18-7/h3-5,12H,6H2,1-2H3/t12-,14+/m0/s1. The topological polar surface area (TPSA) is 22.1 Å². The Morgan fingerprint density at radius 1 is 1.47 bits per heavy atom. The van der Waals surface area contributed by atoms with E-state index in [1.165, 1.54) is 0 Å². The fourth-order valence-corrected chi connectivity index (χ4v) is 3.13. The zero-order valence-corrected chi connectivity index (χ0v) is 14.4. The summed E-state index contributed by atoms with van der Waals surface area (Å²) in [6.07, 6.45) is 0.691. The number of benzene rings is 1. The Hall–Kier alpha value is -0.320. The van der Waals surface area contributed by atoms with Crippen LogP contribution in [0.25, 0.3) is 10.9 Å². The van der Waals surface area contributed by atoms with Gasteiger partial charge in [-0.25, -0.2) is 0 Å². The van der Waals surface area contributed by atoms with Gasteiger partial charge in [0.25, 0.3) is 0 Å². The van der Waals surface area contributed by atoms with Crippen molar-refractivity contribution >= 4 is 54.4 Å². The molecule has 2 atom stereocenters. The molecule has 0 unspecified atom stereocenters. The molecule has 0 bridgehead atoms. The monoisotopic (exact) mass is 403 g/mol. The summed E-state index contributed by atoms with van der Waals surface area (Å²) in [5.74, 6) is 0.917. The van der Waals surface area contributed by atoms with Gasteiger partial charge >= 0.3 is 0 Å². The normalized spacial score (nSPS) is 21.0. The number of pyridine rings is 1. The van der Waals surface area contributed by atoms with Crippen molar-refractivity contribution in [1.82, 2.24) is 4.98 Å². The molecule has 0 saturated heterocycles. The van der Waals surface area contributed by atoms with Crippen LogP contribution < -0.4 is 4.74 Å². The van der Waals surface area contributed by atoms with E-state index in [0.717, 1.165) is 38.8 Å². The Morgan fingerprint density at radius 2 is 2.21 bits per heavy atom. The minimum absolute atomic E-state index is 0.0887. The Labute approximate surface area is 133 Å². The number of aryl methyl sites for hydroxylation is 1. The molecule has 1 aromatic carbocycles. The van der Waals surface area contributed by atoms with Crippen molar-refractivity contribution in [2.24, 2.45) is 0 Å². The summed E-state index contributed by atoms with van der Waals surface area (Å²) < 4.78 is 6.53. The largest absolute Gasteiger partial charge is 0.486 e. The van der Waals surface area contributed by atoms with E-state index in [1.807, 2.05) is 32.0 Å². The maximum atomic E-state index is 6.33. The van der Waals surface area contributed by atoms with E-state index in [2.05, 4.69) is 36.8 Å². The first-order chi connectivity index (χ1) is 8.86. The Bertz CT molecular complexity index is 667. The van der Waals surface area contributed by atoms with E-state index >= 15 is 0 Å². The Morgan fingerprint density at radius 3 is 2.89 bits per heavy atom. The van der Waals surface area contributed by atoms with Crippen molar-refractivity contribution in [1.29, 1.82) is 0 Å².